The quantitative estimate of drug-likeness (QED) is 0.515. The van der Waals surface area contributed by atoms with Crippen LogP contribution in [0.15, 0.2) is 12.7 Å². The summed E-state index contributed by atoms with van der Waals surface area (Å²) < 4.78 is 0. The Kier molecular flexibility index (Phi) is 5.44. The van der Waals surface area contributed by atoms with Gasteiger partial charge in [-0.05, 0) is 24.3 Å². The number of rotatable bonds is 5. The minimum atomic E-state index is -0.0734. The Bertz CT molecular complexity index is 167. The molecule has 1 N–H and O–H groups in total. The molecule has 2 nitrogen and oxygen atoms in total. The van der Waals surface area contributed by atoms with E-state index in [1.165, 1.54) is 18.9 Å². The molecule has 0 unspecified atom stereocenters. The molecule has 0 fully saturated rings. The third-order valence-corrected chi connectivity index (χ3v) is 1.84. The summed E-state index contributed by atoms with van der Waals surface area (Å²) >= 11 is 0. The van der Waals surface area contributed by atoms with Gasteiger partial charge in [0.1, 0.15) is 0 Å². The second-order valence-electron chi connectivity index (χ2n) is 4.51. The molecule has 0 aromatic rings. The van der Waals surface area contributed by atoms with E-state index in [9.17, 15) is 4.79 Å². The van der Waals surface area contributed by atoms with E-state index in [0.29, 0.717) is 5.41 Å². The summed E-state index contributed by atoms with van der Waals surface area (Å²) in [7, 11) is 0. The van der Waals surface area contributed by atoms with Gasteiger partial charge in [0.2, 0.25) is 5.91 Å². The molecule has 1 amide bonds. The Balaban J connectivity index is 3.27. The summed E-state index contributed by atoms with van der Waals surface area (Å²) in [6.45, 7) is 10.8. The van der Waals surface area contributed by atoms with Crippen LogP contribution in [0.5, 0.6) is 0 Å². The van der Waals surface area contributed by atoms with E-state index >= 15 is 0 Å². The van der Waals surface area contributed by atoms with Crippen molar-refractivity contribution in [3.63, 3.8) is 0 Å². The van der Waals surface area contributed by atoms with Crippen molar-refractivity contribution in [2.75, 3.05) is 6.54 Å². The van der Waals surface area contributed by atoms with Crippen LogP contribution in [-0.2, 0) is 4.79 Å². The molecule has 0 saturated heterocycles. The number of unbranched alkanes of at least 4 members (excludes halogenated alkanes) is 1. The molecule has 0 saturated carbocycles. The van der Waals surface area contributed by atoms with Crippen molar-refractivity contribution >= 4 is 5.91 Å². The number of hydrogen-bond donors (Lipinski definition) is 1. The number of carbonyl (C=O) groups is 1. The van der Waals surface area contributed by atoms with Gasteiger partial charge in [-0.3, -0.25) is 4.79 Å². The highest BCUT2D eigenvalue weighted by Crippen LogP contribution is 2.20. The van der Waals surface area contributed by atoms with Gasteiger partial charge < -0.3 is 5.32 Å². The molecule has 0 bridgehead atoms. The van der Waals surface area contributed by atoms with Gasteiger partial charge in [-0.2, -0.15) is 0 Å². The topological polar surface area (TPSA) is 29.1 Å². The van der Waals surface area contributed by atoms with Crippen molar-refractivity contribution < 1.29 is 4.79 Å². The molecule has 0 radical (unpaired) electrons. The van der Waals surface area contributed by atoms with Crippen LogP contribution in [0.2, 0.25) is 0 Å². The molecule has 0 aromatic carbocycles. The highest BCUT2D eigenvalue weighted by molar-refractivity contribution is 5.86. The third kappa shape index (κ3) is 9.12. The van der Waals surface area contributed by atoms with Crippen LogP contribution < -0.4 is 5.32 Å². The van der Waals surface area contributed by atoms with Crippen LogP contribution in [0.4, 0.5) is 0 Å². The van der Waals surface area contributed by atoms with E-state index in [1.54, 1.807) is 0 Å². The Hall–Kier alpha value is -0.790. The van der Waals surface area contributed by atoms with Crippen molar-refractivity contribution in [3.8, 4) is 0 Å². The predicted octanol–water partition coefficient (Wildman–Crippen LogP) is 2.51. The van der Waals surface area contributed by atoms with Crippen LogP contribution >= 0.6 is 0 Å². The first-order valence-electron chi connectivity index (χ1n) is 4.86. The van der Waals surface area contributed by atoms with Crippen molar-refractivity contribution in [3.05, 3.63) is 12.7 Å². The van der Waals surface area contributed by atoms with Gasteiger partial charge in [0.05, 0.1) is 0 Å². The van der Waals surface area contributed by atoms with Crippen LogP contribution in [0, 0.1) is 5.41 Å². The summed E-state index contributed by atoms with van der Waals surface area (Å²) in [6, 6.07) is 0. The summed E-state index contributed by atoms with van der Waals surface area (Å²) in [5.41, 5.74) is 0.405. The van der Waals surface area contributed by atoms with Crippen molar-refractivity contribution in [2.45, 2.75) is 40.0 Å². The average molecular weight is 183 g/mol. The Morgan fingerprint density at radius 1 is 1.38 bits per heavy atom. The van der Waals surface area contributed by atoms with Gasteiger partial charge in [0.25, 0.3) is 0 Å². The lowest BCUT2D eigenvalue weighted by atomic mass is 9.90. The van der Waals surface area contributed by atoms with Gasteiger partial charge in [-0.15, -0.1) is 0 Å². The van der Waals surface area contributed by atoms with Crippen molar-refractivity contribution in [2.24, 2.45) is 5.41 Å². The summed E-state index contributed by atoms with van der Waals surface area (Å²) in [5.74, 6) is -0.0734. The molecule has 0 aliphatic rings. The SMILES string of the molecule is C=CC(=O)NCCCCC(C)(C)C. The van der Waals surface area contributed by atoms with Gasteiger partial charge in [0, 0.05) is 6.54 Å². The lowest BCUT2D eigenvalue weighted by Gasteiger charge is -2.17. The zero-order valence-electron chi connectivity index (χ0n) is 9.02. The summed E-state index contributed by atoms with van der Waals surface area (Å²) in [4.78, 5) is 10.7. The fourth-order valence-electron chi connectivity index (χ4n) is 1.06. The zero-order valence-corrected chi connectivity index (χ0v) is 9.02. The van der Waals surface area contributed by atoms with Crippen LogP contribution in [-0.4, -0.2) is 12.5 Å². The maximum absolute atomic E-state index is 10.7. The van der Waals surface area contributed by atoms with Crippen LogP contribution in [0.1, 0.15) is 40.0 Å². The fourth-order valence-corrected chi connectivity index (χ4v) is 1.06. The Morgan fingerprint density at radius 3 is 2.46 bits per heavy atom. The second kappa shape index (κ2) is 5.79. The monoisotopic (exact) mass is 183 g/mol. The molecule has 0 spiro atoms. The van der Waals surface area contributed by atoms with E-state index in [4.69, 9.17) is 0 Å². The van der Waals surface area contributed by atoms with Gasteiger partial charge >= 0.3 is 0 Å². The first-order valence-corrected chi connectivity index (χ1v) is 4.86. The largest absolute Gasteiger partial charge is 0.353 e. The zero-order chi connectivity index (χ0) is 10.3. The standard InChI is InChI=1S/C11H21NO/c1-5-10(13)12-9-7-6-8-11(2,3)4/h5H,1,6-9H2,2-4H3,(H,12,13). The molecule has 0 aliphatic heterocycles. The average Bonchev–Trinajstić information content (AvgIpc) is 2.01. The molecule has 0 aliphatic carbocycles. The van der Waals surface area contributed by atoms with Gasteiger partial charge in [0.15, 0.2) is 0 Å². The van der Waals surface area contributed by atoms with Crippen molar-refractivity contribution in [1.82, 2.24) is 5.32 Å². The van der Waals surface area contributed by atoms with Gasteiger partial charge in [-0.1, -0.05) is 33.8 Å². The van der Waals surface area contributed by atoms with Gasteiger partial charge in [-0.25, -0.2) is 0 Å². The number of hydrogen-bond acceptors (Lipinski definition) is 1. The second-order valence-corrected chi connectivity index (χ2v) is 4.51. The normalized spacial score (nSPS) is 11.0. The highest BCUT2D eigenvalue weighted by atomic mass is 16.1. The number of amides is 1. The lowest BCUT2D eigenvalue weighted by molar-refractivity contribution is -0.116. The van der Waals surface area contributed by atoms with E-state index in [1.807, 2.05) is 0 Å². The molecular formula is C11H21NO. The van der Waals surface area contributed by atoms with Crippen LogP contribution in [0.3, 0.4) is 0 Å². The summed E-state index contributed by atoms with van der Waals surface area (Å²) in [5, 5.41) is 2.76. The Labute approximate surface area is 81.4 Å². The predicted molar refractivity (Wildman–Crippen MR) is 56.5 cm³/mol. The number of carbonyl (C=O) groups excluding carboxylic acids is 1. The molecule has 13 heavy (non-hydrogen) atoms. The van der Waals surface area contributed by atoms with Crippen molar-refractivity contribution in [1.29, 1.82) is 0 Å². The number of nitrogens with one attached hydrogen (secondary N) is 1. The molecule has 2 heteroatoms. The first-order chi connectivity index (χ1) is 5.95. The smallest absolute Gasteiger partial charge is 0.243 e. The van der Waals surface area contributed by atoms with E-state index < -0.39 is 0 Å². The van der Waals surface area contributed by atoms with E-state index in [-0.39, 0.29) is 5.91 Å². The van der Waals surface area contributed by atoms with Crippen LogP contribution in [0.25, 0.3) is 0 Å². The highest BCUT2D eigenvalue weighted by Gasteiger charge is 2.08. The fraction of sp³-hybridized carbons (Fsp3) is 0.727. The molecule has 76 valence electrons. The molecule has 0 atom stereocenters. The van der Waals surface area contributed by atoms with E-state index in [2.05, 4.69) is 32.7 Å². The first kappa shape index (κ1) is 12.2. The maximum Gasteiger partial charge on any atom is 0.243 e. The third-order valence-electron chi connectivity index (χ3n) is 1.84. The molecular weight excluding hydrogens is 162 g/mol. The molecule has 0 aromatic heterocycles. The maximum atomic E-state index is 10.7. The van der Waals surface area contributed by atoms with E-state index in [0.717, 1.165) is 13.0 Å². The molecule has 0 heterocycles. The summed E-state index contributed by atoms with van der Waals surface area (Å²) in [6.07, 6.45) is 4.73. The Morgan fingerprint density at radius 2 is 2.00 bits per heavy atom. The minimum absolute atomic E-state index is 0.0734. The lowest BCUT2D eigenvalue weighted by Crippen LogP contribution is -2.22. The molecule has 0 rings (SSSR count). The minimum Gasteiger partial charge on any atom is -0.353 e.